The fourth-order valence-corrected chi connectivity index (χ4v) is 1.87. The summed E-state index contributed by atoms with van der Waals surface area (Å²) in [6.07, 6.45) is 2.40. The number of nitrogens with zero attached hydrogens (tertiary/aromatic N) is 1. The molecule has 1 nitrogen and oxygen atoms in total. The molecule has 0 aliphatic carbocycles. The second kappa shape index (κ2) is 6.37. The van der Waals surface area contributed by atoms with Gasteiger partial charge in [-0.3, -0.25) is 0 Å². The molecule has 0 amide bonds. The van der Waals surface area contributed by atoms with Gasteiger partial charge in [0.2, 0.25) is 0 Å². The highest BCUT2D eigenvalue weighted by Gasteiger charge is 2.09. The van der Waals surface area contributed by atoms with E-state index in [0.717, 1.165) is 12.2 Å². The van der Waals surface area contributed by atoms with Gasteiger partial charge in [-0.05, 0) is 31.2 Å². The maximum atomic E-state index is 3.96. The normalized spacial score (nSPS) is 12.2. The van der Waals surface area contributed by atoms with Crippen molar-refractivity contribution in [1.82, 2.24) is 4.90 Å². The molecule has 0 N–H and O–H groups in total. The van der Waals surface area contributed by atoms with Crippen LogP contribution < -0.4 is 0 Å². The molecule has 1 aromatic carbocycles. The number of rotatable bonds is 6. The van der Waals surface area contributed by atoms with Crippen LogP contribution in [0.4, 0.5) is 0 Å². The van der Waals surface area contributed by atoms with E-state index >= 15 is 0 Å². The van der Waals surface area contributed by atoms with E-state index in [-0.39, 0.29) is 0 Å². The quantitative estimate of drug-likeness (QED) is 0.695. The molecule has 88 valence electrons. The molecule has 1 aromatic rings. The Morgan fingerprint density at radius 2 is 1.94 bits per heavy atom. The van der Waals surface area contributed by atoms with Crippen LogP contribution in [0.2, 0.25) is 0 Å². The zero-order chi connectivity index (χ0) is 12.0. The highest BCUT2D eigenvalue weighted by Crippen LogP contribution is 2.23. The molecule has 1 rings (SSSR count). The first-order chi connectivity index (χ1) is 7.65. The molecule has 1 atom stereocenters. The van der Waals surface area contributed by atoms with Gasteiger partial charge in [-0.15, -0.1) is 0 Å². The minimum absolute atomic E-state index is 0.669. The first kappa shape index (κ1) is 12.8. The third-order valence-corrected chi connectivity index (χ3v) is 3.23. The van der Waals surface area contributed by atoms with Gasteiger partial charge in [-0.1, -0.05) is 43.8 Å². The molecule has 0 aromatic heterocycles. The zero-order valence-corrected chi connectivity index (χ0v) is 10.7. The Kier molecular flexibility index (Phi) is 5.10. The molecular weight excluding hydrogens is 194 g/mol. The second-order valence-corrected chi connectivity index (χ2v) is 4.46. The van der Waals surface area contributed by atoms with E-state index in [1.165, 1.54) is 18.4 Å². The topological polar surface area (TPSA) is 3.24 Å². The Labute approximate surface area is 99.8 Å². The van der Waals surface area contributed by atoms with Crippen LogP contribution in [-0.2, 0) is 0 Å². The standard InChI is InChI=1S/C15H23N/c1-5-14(11-12-16(4)13(2)3)15-9-7-6-8-10-15/h6-10,14H,2,5,11-12H2,1,3-4H3. The summed E-state index contributed by atoms with van der Waals surface area (Å²) in [6, 6.07) is 10.8. The van der Waals surface area contributed by atoms with E-state index in [0.29, 0.717) is 5.92 Å². The summed E-state index contributed by atoms with van der Waals surface area (Å²) in [4.78, 5) is 2.23. The third kappa shape index (κ3) is 3.73. The van der Waals surface area contributed by atoms with E-state index in [9.17, 15) is 0 Å². The van der Waals surface area contributed by atoms with Gasteiger partial charge >= 0.3 is 0 Å². The van der Waals surface area contributed by atoms with Crippen LogP contribution in [0.15, 0.2) is 42.6 Å². The predicted octanol–water partition coefficient (Wildman–Crippen LogP) is 4.04. The van der Waals surface area contributed by atoms with Crippen LogP contribution in [0, 0.1) is 0 Å². The number of allylic oxidation sites excluding steroid dienone is 1. The monoisotopic (exact) mass is 217 g/mol. The Hall–Kier alpha value is -1.24. The molecule has 0 aliphatic heterocycles. The molecular formula is C15H23N. The van der Waals surface area contributed by atoms with Crippen LogP contribution in [0.1, 0.15) is 38.2 Å². The number of benzene rings is 1. The Balaban J connectivity index is 2.53. The SMILES string of the molecule is C=C(C)N(C)CCC(CC)c1ccccc1. The van der Waals surface area contributed by atoms with Crippen molar-refractivity contribution in [3.8, 4) is 0 Å². The fourth-order valence-electron chi connectivity index (χ4n) is 1.87. The van der Waals surface area contributed by atoms with Crippen molar-refractivity contribution in [3.05, 3.63) is 48.2 Å². The van der Waals surface area contributed by atoms with Gasteiger partial charge in [-0.25, -0.2) is 0 Å². The van der Waals surface area contributed by atoms with Crippen molar-refractivity contribution >= 4 is 0 Å². The van der Waals surface area contributed by atoms with Gasteiger partial charge in [0.1, 0.15) is 0 Å². The minimum Gasteiger partial charge on any atom is -0.379 e. The zero-order valence-electron chi connectivity index (χ0n) is 10.7. The summed E-state index contributed by atoms with van der Waals surface area (Å²) in [5, 5.41) is 0. The molecule has 0 fully saturated rings. The first-order valence-corrected chi connectivity index (χ1v) is 6.06. The fraction of sp³-hybridized carbons (Fsp3) is 0.467. The lowest BCUT2D eigenvalue weighted by Gasteiger charge is -2.22. The Morgan fingerprint density at radius 1 is 1.31 bits per heavy atom. The molecule has 1 heteroatoms. The van der Waals surface area contributed by atoms with E-state index in [1.54, 1.807) is 0 Å². The van der Waals surface area contributed by atoms with E-state index in [2.05, 4.69) is 62.7 Å². The minimum atomic E-state index is 0.669. The van der Waals surface area contributed by atoms with E-state index in [1.807, 2.05) is 0 Å². The van der Waals surface area contributed by atoms with Crippen molar-refractivity contribution < 1.29 is 0 Å². The Bertz CT molecular complexity index is 315. The molecule has 0 aliphatic rings. The summed E-state index contributed by atoms with van der Waals surface area (Å²) in [5.74, 6) is 0.669. The summed E-state index contributed by atoms with van der Waals surface area (Å²) < 4.78 is 0. The highest BCUT2D eigenvalue weighted by atomic mass is 15.1. The van der Waals surface area contributed by atoms with Gasteiger partial charge in [0.15, 0.2) is 0 Å². The second-order valence-electron chi connectivity index (χ2n) is 4.46. The molecule has 1 unspecified atom stereocenters. The molecule has 16 heavy (non-hydrogen) atoms. The smallest absolute Gasteiger partial charge is 0.0177 e. The first-order valence-electron chi connectivity index (χ1n) is 6.06. The van der Waals surface area contributed by atoms with Gasteiger partial charge in [0, 0.05) is 19.3 Å². The van der Waals surface area contributed by atoms with Gasteiger partial charge in [-0.2, -0.15) is 0 Å². The van der Waals surface area contributed by atoms with E-state index < -0.39 is 0 Å². The van der Waals surface area contributed by atoms with Crippen LogP contribution in [-0.4, -0.2) is 18.5 Å². The lowest BCUT2D eigenvalue weighted by molar-refractivity contribution is 0.388. The lowest BCUT2D eigenvalue weighted by Crippen LogP contribution is -2.18. The largest absolute Gasteiger partial charge is 0.379 e. The average molecular weight is 217 g/mol. The summed E-state index contributed by atoms with van der Waals surface area (Å²) in [6.45, 7) is 9.36. The molecule has 0 bridgehead atoms. The highest BCUT2D eigenvalue weighted by molar-refractivity contribution is 5.19. The lowest BCUT2D eigenvalue weighted by atomic mass is 9.93. The van der Waals surface area contributed by atoms with Crippen molar-refractivity contribution in [3.63, 3.8) is 0 Å². The summed E-state index contributed by atoms with van der Waals surface area (Å²) in [7, 11) is 2.11. The number of hydrogen-bond donors (Lipinski definition) is 0. The number of hydrogen-bond acceptors (Lipinski definition) is 1. The summed E-state index contributed by atoms with van der Waals surface area (Å²) >= 11 is 0. The maximum absolute atomic E-state index is 3.96. The van der Waals surface area contributed by atoms with Crippen LogP contribution in [0.3, 0.4) is 0 Å². The van der Waals surface area contributed by atoms with Crippen LogP contribution in [0.5, 0.6) is 0 Å². The van der Waals surface area contributed by atoms with Gasteiger partial charge < -0.3 is 4.90 Å². The van der Waals surface area contributed by atoms with Crippen molar-refractivity contribution in [2.24, 2.45) is 0 Å². The Morgan fingerprint density at radius 3 is 2.44 bits per heavy atom. The maximum Gasteiger partial charge on any atom is 0.0177 e. The van der Waals surface area contributed by atoms with Crippen LogP contribution >= 0.6 is 0 Å². The third-order valence-electron chi connectivity index (χ3n) is 3.23. The molecule has 0 heterocycles. The average Bonchev–Trinajstić information content (AvgIpc) is 2.30. The van der Waals surface area contributed by atoms with E-state index in [4.69, 9.17) is 0 Å². The van der Waals surface area contributed by atoms with Crippen molar-refractivity contribution in [2.45, 2.75) is 32.6 Å². The van der Waals surface area contributed by atoms with Gasteiger partial charge in [0.25, 0.3) is 0 Å². The predicted molar refractivity (Wildman–Crippen MR) is 71.5 cm³/mol. The molecule has 0 saturated heterocycles. The van der Waals surface area contributed by atoms with Crippen molar-refractivity contribution in [2.75, 3.05) is 13.6 Å². The van der Waals surface area contributed by atoms with Crippen LogP contribution in [0.25, 0.3) is 0 Å². The molecule has 0 saturated carbocycles. The molecule has 0 spiro atoms. The molecule has 0 radical (unpaired) electrons. The summed E-state index contributed by atoms with van der Waals surface area (Å²) in [5.41, 5.74) is 2.60. The van der Waals surface area contributed by atoms with Gasteiger partial charge in [0.05, 0.1) is 0 Å². The van der Waals surface area contributed by atoms with Crippen molar-refractivity contribution in [1.29, 1.82) is 0 Å².